The summed E-state index contributed by atoms with van der Waals surface area (Å²) in [6, 6.07) is 9.93. The Hall–Kier alpha value is -3.85. The molecular weight excluding hydrogens is 565 g/mol. The highest BCUT2D eigenvalue weighted by molar-refractivity contribution is 6.42. The molecule has 39 heavy (non-hydrogen) atoms. The molecule has 2 aromatic heterocycles. The first-order valence-corrected chi connectivity index (χ1v) is 12.8. The van der Waals surface area contributed by atoms with Crippen LogP contribution in [-0.4, -0.2) is 50.6 Å². The number of aromatic nitrogens is 2. The molecule has 0 atom stereocenters. The molecule has 1 fully saturated rings. The van der Waals surface area contributed by atoms with E-state index in [0.717, 1.165) is 6.08 Å². The van der Waals surface area contributed by atoms with Crippen LogP contribution < -0.4 is 0 Å². The number of hydrogen-bond donors (Lipinski definition) is 1. The summed E-state index contributed by atoms with van der Waals surface area (Å²) in [5, 5.41) is 14.6. The van der Waals surface area contributed by atoms with E-state index in [4.69, 9.17) is 44.4 Å². The molecule has 4 aromatic rings. The standard InChI is InChI=1S/C28H20Cl3N3O5/c1-3-21(35)33-13-28(2,14-33)26-24(25(32-39-26)23-18(30)11-16(29)12-19(23)31)27(38)34-10-9-17-15(7-8-22(36)37)5-4-6-20(17)34/h3-12H,1,13-14H2,2H3,(H,36,37)/b8-7+. The molecule has 1 aliphatic heterocycles. The lowest BCUT2D eigenvalue weighted by Gasteiger charge is -2.46. The van der Waals surface area contributed by atoms with Crippen LogP contribution in [0.3, 0.4) is 0 Å². The van der Waals surface area contributed by atoms with E-state index in [0.29, 0.717) is 21.5 Å². The summed E-state index contributed by atoms with van der Waals surface area (Å²) in [5.74, 6) is -1.51. The molecule has 1 N–H and O–H groups in total. The molecule has 1 aliphatic rings. The first kappa shape index (κ1) is 26.7. The summed E-state index contributed by atoms with van der Waals surface area (Å²) in [7, 11) is 0. The predicted octanol–water partition coefficient (Wildman–Crippen LogP) is 6.33. The Morgan fingerprint density at radius 2 is 1.82 bits per heavy atom. The molecule has 0 unspecified atom stereocenters. The van der Waals surface area contributed by atoms with E-state index in [9.17, 15) is 14.4 Å². The Bertz CT molecular complexity index is 1690. The van der Waals surface area contributed by atoms with Gasteiger partial charge in [0.15, 0.2) is 5.76 Å². The van der Waals surface area contributed by atoms with Crippen molar-refractivity contribution >= 4 is 69.6 Å². The molecule has 1 saturated heterocycles. The molecule has 0 radical (unpaired) electrons. The lowest BCUT2D eigenvalue weighted by molar-refractivity contribution is -0.133. The largest absolute Gasteiger partial charge is 0.478 e. The second-order valence-corrected chi connectivity index (χ2v) is 10.6. The molecule has 8 nitrogen and oxygen atoms in total. The quantitative estimate of drug-likeness (QED) is 0.266. The van der Waals surface area contributed by atoms with Gasteiger partial charge in [0.2, 0.25) is 5.91 Å². The van der Waals surface area contributed by atoms with Crippen molar-refractivity contribution in [2.24, 2.45) is 0 Å². The van der Waals surface area contributed by atoms with Crippen molar-refractivity contribution in [1.29, 1.82) is 0 Å². The Morgan fingerprint density at radius 1 is 1.13 bits per heavy atom. The number of benzene rings is 2. The number of fused-ring (bicyclic) bond motifs is 1. The van der Waals surface area contributed by atoms with Crippen molar-refractivity contribution in [1.82, 2.24) is 14.6 Å². The third-order valence-corrected chi connectivity index (χ3v) is 7.47. The molecule has 0 bridgehead atoms. The van der Waals surface area contributed by atoms with Crippen molar-refractivity contribution in [3.63, 3.8) is 0 Å². The topological polar surface area (TPSA) is 106 Å². The van der Waals surface area contributed by atoms with Gasteiger partial charge in [-0.25, -0.2) is 4.79 Å². The molecule has 5 rings (SSSR count). The van der Waals surface area contributed by atoms with Gasteiger partial charge in [0.05, 0.1) is 21.0 Å². The van der Waals surface area contributed by atoms with E-state index >= 15 is 0 Å². The highest BCUT2D eigenvalue weighted by Gasteiger charge is 2.48. The van der Waals surface area contributed by atoms with Gasteiger partial charge >= 0.3 is 5.97 Å². The Kier molecular flexibility index (Phi) is 6.88. The minimum Gasteiger partial charge on any atom is -0.478 e. The lowest BCUT2D eigenvalue weighted by atomic mass is 9.77. The van der Waals surface area contributed by atoms with Gasteiger partial charge < -0.3 is 14.5 Å². The van der Waals surface area contributed by atoms with Crippen LogP contribution in [0.2, 0.25) is 15.1 Å². The van der Waals surface area contributed by atoms with Crippen molar-refractivity contribution in [2.75, 3.05) is 13.1 Å². The molecule has 0 aliphatic carbocycles. The SMILES string of the molecule is C=CC(=O)N1CC(C)(c2onc(-c3c(Cl)cc(Cl)cc3Cl)c2C(=O)n2ccc3c(/C=C/C(=O)O)cccc32)C1. The van der Waals surface area contributed by atoms with Gasteiger partial charge in [-0.2, -0.15) is 0 Å². The maximum absolute atomic E-state index is 14.3. The number of likely N-dealkylation sites (tertiary alicyclic amines) is 1. The van der Waals surface area contributed by atoms with Gasteiger partial charge in [-0.1, -0.05) is 58.7 Å². The number of nitrogens with zero attached hydrogens (tertiary/aromatic N) is 3. The first-order chi connectivity index (χ1) is 18.5. The van der Waals surface area contributed by atoms with E-state index < -0.39 is 17.3 Å². The second kappa shape index (κ2) is 10.0. The van der Waals surface area contributed by atoms with Crippen LogP contribution in [-0.2, 0) is 15.0 Å². The van der Waals surface area contributed by atoms with E-state index in [1.807, 2.05) is 6.92 Å². The summed E-state index contributed by atoms with van der Waals surface area (Å²) in [6.45, 7) is 5.97. The van der Waals surface area contributed by atoms with Gasteiger partial charge in [0.1, 0.15) is 11.3 Å². The number of rotatable bonds is 6. The minimum atomic E-state index is -1.09. The highest BCUT2D eigenvalue weighted by atomic mass is 35.5. The third kappa shape index (κ3) is 4.65. The normalized spacial score (nSPS) is 14.5. The van der Waals surface area contributed by atoms with Gasteiger partial charge in [0.25, 0.3) is 5.91 Å². The van der Waals surface area contributed by atoms with Gasteiger partial charge in [-0.15, -0.1) is 0 Å². The van der Waals surface area contributed by atoms with Crippen LogP contribution in [0.4, 0.5) is 0 Å². The molecule has 3 heterocycles. The lowest BCUT2D eigenvalue weighted by Crippen LogP contribution is -2.59. The number of carbonyl (C=O) groups excluding carboxylic acids is 2. The molecule has 1 amide bonds. The average Bonchev–Trinajstić information content (AvgIpc) is 3.49. The number of amides is 1. The highest BCUT2D eigenvalue weighted by Crippen LogP contribution is 2.44. The zero-order chi connectivity index (χ0) is 28.1. The molecule has 0 saturated carbocycles. The fraction of sp³-hybridized carbons (Fsp3) is 0.143. The summed E-state index contributed by atoms with van der Waals surface area (Å²) in [6.07, 6.45) is 5.31. The van der Waals surface area contributed by atoms with Crippen molar-refractivity contribution < 1.29 is 24.0 Å². The van der Waals surface area contributed by atoms with Crippen LogP contribution in [0.25, 0.3) is 28.2 Å². The summed E-state index contributed by atoms with van der Waals surface area (Å²) < 4.78 is 7.23. The second-order valence-electron chi connectivity index (χ2n) is 9.38. The van der Waals surface area contributed by atoms with Gasteiger partial charge in [0, 0.05) is 41.3 Å². The Morgan fingerprint density at radius 3 is 2.46 bits per heavy atom. The van der Waals surface area contributed by atoms with Gasteiger partial charge in [-0.3, -0.25) is 14.2 Å². The fourth-order valence-electron chi connectivity index (χ4n) is 4.86. The summed E-state index contributed by atoms with van der Waals surface area (Å²) in [4.78, 5) is 39.0. The number of halogens is 3. The third-order valence-electron chi connectivity index (χ3n) is 6.65. The number of hydrogen-bond acceptors (Lipinski definition) is 5. The van der Waals surface area contributed by atoms with Crippen LogP contribution in [0.5, 0.6) is 0 Å². The van der Waals surface area contributed by atoms with Crippen LogP contribution in [0, 0.1) is 0 Å². The van der Waals surface area contributed by atoms with Crippen molar-refractivity contribution in [3.8, 4) is 11.3 Å². The van der Waals surface area contributed by atoms with E-state index in [-0.39, 0.29) is 51.6 Å². The molecule has 0 spiro atoms. The van der Waals surface area contributed by atoms with Crippen LogP contribution >= 0.6 is 34.8 Å². The molecule has 198 valence electrons. The molecule has 2 aromatic carbocycles. The zero-order valence-electron chi connectivity index (χ0n) is 20.5. The Balaban J connectivity index is 1.68. The average molecular weight is 585 g/mol. The van der Waals surface area contributed by atoms with Crippen LogP contribution in [0.15, 0.2) is 65.8 Å². The van der Waals surface area contributed by atoms with Crippen LogP contribution in [0.1, 0.15) is 28.6 Å². The first-order valence-electron chi connectivity index (χ1n) is 11.7. The Labute approximate surface area is 237 Å². The fourth-order valence-corrected chi connectivity index (χ4v) is 5.86. The van der Waals surface area contributed by atoms with Crippen molar-refractivity contribution in [2.45, 2.75) is 12.3 Å². The molecular formula is C28H20Cl3N3O5. The summed E-state index contributed by atoms with van der Waals surface area (Å²) in [5.41, 5.74) is 1.00. The maximum atomic E-state index is 14.3. The number of carboxylic acids is 1. The summed E-state index contributed by atoms with van der Waals surface area (Å²) >= 11 is 19.1. The molecule has 11 heteroatoms. The van der Waals surface area contributed by atoms with E-state index in [1.165, 1.54) is 28.9 Å². The van der Waals surface area contributed by atoms with E-state index in [2.05, 4.69) is 11.7 Å². The monoisotopic (exact) mass is 583 g/mol. The number of aliphatic carboxylic acids is 1. The predicted molar refractivity (Wildman–Crippen MR) is 149 cm³/mol. The number of carbonyl (C=O) groups is 3. The maximum Gasteiger partial charge on any atom is 0.328 e. The smallest absolute Gasteiger partial charge is 0.328 e. The van der Waals surface area contributed by atoms with Gasteiger partial charge in [-0.05, 0) is 48.9 Å². The van der Waals surface area contributed by atoms with E-state index in [1.54, 1.807) is 35.4 Å². The van der Waals surface area contributed by atoms with Crippen molar-refractivity contribution in [3.05, 3.63) is 93.3 Å². The number of carboxylic acid groups (broad SMARTS) is 1. The zero-order valence-corrected chi connectivity index (χ0v) is 22.7. The minimum absolute atomic E-state index is 0.137.